The molecule has 0 N–H and O–H groups in total. The monoisotopic (exact) mass is 786 g/mol. The average Bonchev–Trinajstić information content (AvgIpc) is 3.91. The number of nitrogens with zero attached hydrogens (tertiary/aromatic N) is 2. The van der Waals surface area contributed by atoms with Crippen molar-refractivity contribution in [3.8, 4) is 22.5 Å². The molecule has 1 aliphatic rings. The van der Waals surface area contributed by atoms with Gasteiger partial charge in [0.05, 0.1) is 22.1 Å². The first-order valence-corrected chi connectivity index (χ1v) is 22.5. The van der Waals surface area contributed by atoms with E-state index in [1.807, 2.05) is 0 Å². The largest absolute Gasteiger partial charge is 0.309 e. The Morgan fingerprint density at radius 3 is 1.48 bits per heavy atom. The van der Waals surface area contributed by atoms with Crippen molar-refractivity contribution >= 4 is 53.6 Å². The molecule has 12 rings (SSSR count). The first kappa shape index (κ1) is 34.9. The maximum atomic E-state index is 2.56. The van der Waals surface area contributed by atoms with E-state index in [0.717, 1.165) is 5.69 Å². The van der Waals surface area contributed by atoms with Crippen LogP contribution in [0.1, 0.15) is 25.0 Å². The number of hydrogen-bond donors (Lipinski definition) is 0. The molecule has 0 amide bonds. The van der Waals surface area contributed by atoms with Crippen LogP contribution in [0.15, 0.2) is 238 Å². The molecule has 60 heavy (non-hydrogen) atoms. The lowest BCUT2D eigenvalue weighted by Gasteiger charge is -2.42. The minimum atomic E-state index is -2.00. The van der Waals surface area contributed by atoms with Crippen molar-refractivity contribution in [1.82, 2.24) is 9.13 Å². The first-order chi connectivity index (χ1) is 29.5. The Morgan fingerprint density at radius 2 is 0.850 bits per heavy atom. The van der Waals surface area contributed by atoms with E-state index in [9.17, 15) is 0 Å². The van der Waals surface area contributed by atoms with Gasteiger partial charge in [0.15, 0.2) is 0 Å². The van der Waals surface area contributed by atoms with Crippen LogP contribution in [-0.2, 0) is 5.41 Å². The molecule has 0 atom stereocenters. The topological polar surface area (TPSA) is 9.86 Å². The van der Waals surface area contributed by atoms with Gasteiger partial charge in [-0.2, -0.15) is 0 Å². The summed E-state index contributed by atoms with van der Waals surface area (Å²) < 4.78 is 4.98. The van der Waals surface area contributed by atoms with E-state index in [-0.39, 0.29) is 5.41 Å². The van der Waals surface area contributed by atoms with Crippen LogP contribution >= 0.6 is 10.0 Å². The van der Waals surface area contributed by atoms with Gasteiger partial charge in [0.2, 0.25) is 0 Å². The summed E-state index contributed by atoms with van der Waals surface area (Å²) in [6.45, 7) is 4.80. The fourth-order valence-electron chi connectivity index (χ4n) is 10.5. The fraction of sp³-hybridized carbons (Fsp3) is 0.0526. The molecule has 0 unspecified atom stereocenters. The molecule has 3 heteroatoms. The third kappa shape index (κ3) is 4.84. The number of benzene rings is 9. The maximum absolute atomic E-state index is 2.56. The van der Waals surface area contributed by atoms with Gasteiger partial charge in [-0.15, -0.1) is 10.0 Å². The standard InChI is InChI=1S/C57H42N2S/c1-57(2)51-28-13-9-24-45(51)49-36-37-50-48-27-12-16-31-54(48)59(56(50)55(49)57)40-18-17-23-44(38-40)60(41-19-5-3-6-20-41,42-21-7-4-8-22-42)43-34-32-39(33-35-43)58-52-29-14-10-25-46(52)47-26-11-15-30-53(47)58/h3-38H,1-2H3. The molecule has 0 saturated carbocycles. The van der Waals surface area contributed by atoms with Crippen LogP contribution in [0.5, 0.6) is 0 Å². The van der Waals surface area contributed by atoms with E-state index in [4.69, 9.17) is 0 Å². The van der Waals surface area contributed by atoms with E-state index < -0.39 is 10.0 Å². The Balaban J connectivity index is 1.13. The van der Waals surface area contributed by atoms with E-state index >= 15 is 0 Å². The van der Waals surface area contributed by atoms with Crippen molar-refractivity contribution in [2.24, 2.45) is 0 Å². The van der Waals surface area contributed by atoms with Gasteiger partial charge in [-0.05, 0) is 107 Å². The van der Waals surface area contributed by atoms with Crippen molar-refractivity contribution in [2.75, 3.05) is 0 Å². The highest BCUT2D eigenvalue weighted by atomic mass is 32.3. The number of fused-ring (bicyclic) bond motifs is 10. The lowest BCUT2D eigenvalue weighted by molar-refractivity contribution is 0.664. The van der Waals surface area contributed by atoms with Crippen molar-refractivity contribution in [1.29, 1.82) is 0 Å². The van der Waals surface area contributed by atoms with Gasteiger partial charge in [0.25, 0.3) is 0 Å². The van der Waals surface area contributed by atoms with Crippen LogP contribution in [0, 0.1) is 0 Å². The van der Waals surface area contributed by atoms with Crippen LogP contribution in [0.3, 0.4) is 0 Å². The molecule has 11 aromatic rings. The molecule has 2 aromatic heterocycles. The zero-order valence-electron chi connectivity index (χ0n) is 33.6. The van der Waals surface area contributed by atoms with Gasteiger partial charge >= 0.3 is 0 Å². The van der Waals surface area contributed by atoms with E-state index in [2.05, 4.69) is 241 Å². The van der Waals surface area contributed by atoms with Crippen LogP contribution in [-0.4, -0.2) is 9.13 Å². The Hall–Kier alpha value is -7.07. The molecule has 286 valence electrons. The van der Waals surface area contributed by atoms with Gasteiger partial charge in [-0.1, -0.05) is 147 Å². The van der Waals surface area contributed by atoms with Gasteiger partial charge in [-0.25, -0.2) is 0 Å². The van der Waals surface area contributed by atoms with Crippen molar-refractivity contribution < 1.29 is 0 Å². The van der Waals surface area contributed by atoms with Crippen LogP contribution in [0.25, 0.3) is 66.1 Å². The number of aromatic nitrogens is 2. The lowest BCUT2D eigenvalue weighted by atomic mass is 9.81. The quantitative estimate of drug-likeness (QED) is 0.159. The van der Waals surface area contributed by atoms with Crippen LogP contribution < -0.4 is 0 Å². The van der Waals surface area contributed by atoms with Gasteiger partial charge < -0.3 is 9.13 Å². The van der Waals surface area contributed by atoms with Gasteiger partial charge in [-0.3, -0.25) is 0 Å². The van der Waals surface area contributed by atoms with Gasteiger partial charge in [0, 0.05) is 57.9 Å². The van der Waals surface area contributed by atoms with Gasteiger partial charge in [0.1, 0.15) is 0 Å². The summed E-state index contributed by atoms with van der Waals surface area (Å²) in [5.74, 6) is 0. The molecule has 0 bridgehead atoms. The average molecular weight is 787 g/mol. The molecule has 9 aromatic carbocycles. The molecule has 0 radical (unpaired) electrons. The zero-order chi connectivity index (χ0) is 40.0. The minimum absolute atomic E-state index is 0.170. The molecule has 0 spiro atoms. The molecule has 2 heterocycles. The molecule has 0 fully saturated rings. The fourth-order valence-corrected chi connectivity index (χ4v) is 14.3. The van der Waals surface area contributed by atoms with Crippen LogP contribution in [0.4, 0.5) is 0 Å². The van der Waals surface area contributed by atoms with E-state index in [1.165, 1.54) is 91.1 Å². The van der Waals surface area contributed by atoms with Crippen molar-refractivity contribution in [3.63, 3.8) is 0 Å². The first-order valence-electron chi connectivity index (χ1n) is 20.8. The Bertz CT molecular complexity index is 3350. The molecular formula is C57H42N2S. The Labute approximate surface area is 351 Å². The summed E-state index contributed by atoms with van der Waals surface area (Å²) in [6.07, 6.45) is 0. The molecule has 0 aliphatic heterocycles. The predicted octanol–water partition coefficient (Wildman–Crippen LogP) is 15.5. The minimum Gasteiger partial charge on any atom is -0.309 e. The summed E-state index contributed by atoms with van der Waals surface area (Å²) in [4.78, 5) is 5.19. The highest BCUT2D eigenvalue weighted by molar-refractivity contribution is 8.34. The highest BCUT2D eigenvalue weighted by Gasteiger charge is 2.39. The van der Waals surface area contributed by atoms with E-state index in [0.29, 0.717) is 0 Å². The van der Waals surface area contributed by atoms with Crippen LogP contribution in [0.2, 0.25) is 0 Å². The van der Waals surface area contributed by atoms with E-state index in [1.54, 1.807) is 0 Å². The molecule has 2 nitrogen and oxygen atoms in total. The maximum Gasteiger partial charge on any atom is 0.0588 e. The normalized spacial score (nSPS) is 13.6. The second-order valence-corrected chi connectivity index (χ2v) is 19.6. The summed E-state index contributed by atoms with van der Waals surface area (Å²) in [6, 6.07) is 81.5. The number of para-hydroxylation sites is 3. The lowest BCUT2D eigenvalue weighted by Crippen LogP contribution is -2.16. The SMILES string of the molecule is CC1(C)c2ccccc2-c2ccc3c4ccccc4n(-c4cccc(S(c5ccccc5)(c5ccccc5)c5ccc(-n6c7ccccc7c7ccccc76)cc5)c4)c3c21. The zero-order valence-corrected chi connectivity index (χ0v) is 34.4. The third-order valence-corrected chi connectivity index (χ3v) is 16.9. The number of rotatable bonds is 6. The van der Waals surface area contributed by atoms with Crippen molar-refractivity contribution in [3.05, 3.63) is 230 Å². The molecular weight excluding hydrogens is 745 g/mol. The number of hydrogen-bond acceptors (Lipinski definition) is 0. The molecule has 1 aliphatic carbocycles. The Morgan fingerprint density at radius 1 is 0.350 bits per heavy atom. The second kappa shape index (κ2) is 13.2. The summed E-state index contributed by atoms with van der Waals surface area (Å²) in [5, 5.41) is 5.11. The summed E-state index contributed by atoms with van der Waals surface area (Å²) in [5.41, 5.74) is 12.6. The predicted molar refractivity (Wildman–Crippen MR) is 253 cm³/mol. The molecule has 0 saturated heterocycles. The van der Waals surface area contributed by atoms with Crippen molar-refractivity contribution in [2.45, 2.75) is 38.8 Å². The third-order valence-electron chi connectivity index (χ3n) is 13.0. The summed E-state index contributed by atoms with van der Waals surface area (Å²) >= 11 is 0. The smallest absolute Gasteiger partial charge is 0.0588 e. The highest BCUT2D eigenvalue weighted by Crippen LogP contribution is 2.73. The Kier molecular flexibility index (Phi) is 7.70. The summed E-state index contributed by atoms with van der Waals surface area (Å²) in [7, 11) is -2.00. The second-order valence-electron chi connectivity index (χ2n) is 16.5.